The Morgan fingerprint density at radius 3 is 2.96 bits per heavy atom. The molecule has 1 aromatic carbocycles. The SMILES string of the molecule is CCN1C[C@H](C(=O)Nc2ccc(C)cc2OC[C@@H]2CCCO2)CC1=O. The van der Waals surface area contributed by atoms with E-state index in [-0.39, 0.29) is 30.3 Å². The molecule has 0 saturated carbocycles. The summed E-state index contributed by atoms with van der Waals surface area (Å²) in [5.74, 6) is 0.261. The van der Waals surface area contributed by atoms with E-state index in [0.717, 1.165) is 25.0 Å². The molecule has 0 aliphatic carbocycles. The number of nitrogens with zero attached hydrogens (tertiary/aromatic N) is 1. The molecule has 1 aromatic rings. The smallest absolute Gasteiger partial charge is 0.229 e. The Morgan fingerprint density at radius 2 is 2.28 bits per heavy atom. The van der Waals surface area contributed by atoms with Gasteiger partial charge >= 0.3 is 0 Å². The molecule has 0 radical (unpaired) electrons. The monoisotopic (exact) mass is 346 g/mol. The molecule has 0 unspecified atom stereocenters. The van der Waals surface area contributed by atoms with Crippen LogP contribution in [-0.4, -0.2) is 49.1 Å². The molecule has 2 aliphatic heterocycles. The fourth-order valence-electron chi connectivity index (χ4n) is 3.30. The molecular weight excluding hydrogens is 320 g/mol. The van der Waals surface area contributed by atoms with Gasteiger partial charge in [0.1, 0.15) is 12.4 Å². The summed E-state index contributed by atoms with van der Waals surface area (Å²) >= 11 is 0. The van der Waals surface area contributed by atoms with E-state index in [9.17, 15) is 9.59 Å². The molecule has 0 aromatic heterocycles. The van der Waals surface area contributed by atoms with Crippen LogP contribution >= 0.6 is 0 Å². The third kappa shape index (κ3) is 4.31. The van der Waals surface area contributed by atoms with Crippen LogP contribution in [0.3, 0.4) is 0 Å². The normalized spacial score (nSPS) is 23.1. The van der Waals surface area contributed by atoms with Crippen molar-refractivity contribution in [3.05, 3.63) is 23.8 Å². The number of ether oxygens (including phenoxy) is 2. The van der Waals surface area contributed by atoms with Gasteiger partial charge in [-0.1, -0.05) is 6.07 Å². The third-order valence-electron chi connectivity index (χ3n) is 4.81. The quantitative estimate of drug-likeness (QED) is 0.859. The number of carbonyl (C=O) groups is 2. The van der Waals surface area contributed by atoms with Gasteiger partial charge in [0.15, 0.2) is 0 Å². The average molecular weight is 346 g/mol. The fourth-order valence-corrected chi connectivity index (χ4v) is 3.30. The van der Waals surface area contributed by atoms with Gasteiger partial charge in [0, 0.05) is 26.1 Å². The van der Waals surface area contributed by atoms with Crippen LogP contribution < -0.4 is 10.1 Å². The molecule has 2 atom stereocenters. The number of rotatable bonds is 6. The largest absolute Gasteiger partial charge is 0.489 e. The van der Waals surface area contributed by atoms with Crippen molar-refractivity contribution in [3.63, 3.8) is 0 Å². The van der Waals surface area contributed by atoms with Gasteiger partial charge in [0.25, 0.3) is 0 Å². The van der Waals surface area contributed by atoms with Crippen molar-refractivity contribution in [2.45, 2.75) is 39.2 Å². The zero-order valence-electron chi connectivity index (χ0n) is 14.9. The molecule has 0 spiro atoms. The second kappa shape index (κ2) is 7.87. The molecule has 6 heteroatoms. The van der Waals surface area contributed by atoms with Crippen LogP contribution in [0, 0.1) is 12.8 Å². The molecule has 2 amide bonds. The summed E-state index contributed by atoms with van der Waals surface area (Å²) in [7, 11) is 0. The van der Waals surface area contributed by atoms with E-state index < -0.39 is 0 Å². The van der Waals surface area contributed by atoms with Crippen LogP contribution in [0.2, 0.25) is 0 Å². The number of carbonyl (C=O) groups excluding carboxylic acids is 2. The van der Waals surface area contributed by atoms with Gasteiger partial charge in [-0.3, -0.25) is 9.59 Å². The molecule has 2 heterocycles. The van der Waals surface area contributed by atoms with Crippen LogP contribution in [0.1, 0.15) is 31.7 Å². The second-order valence-corrected chi connectivity index (χ2v) is 6.77. The highest BCUT2D eigenvalue weighted by Gasteiger charge is 2.33. The Bertz CT molecular complexity index is 640. The molecule has 1 N–H and O–H groups in total. The Labute approximate surface area is 148 Å². The number of nitrogens with one attached hydrogen (secondary N) is 1. The average Bonchev–Trinajstić information content (AvgIpc) is 3.24. The maximum Gasteiger partial charge on any atom is 0.229 e. The van der Waals surface area contributed by atoms with Crippen molar-refractivity contribution < 1.29 is 19.1 Å². The first-order valence-electron chi connectivity index (χ1n) is 9.00. The number of hydrogen-bond acceptors (Lipinski definition) is 4. The molecule has 136 valence electrons. The summed E-state index contributed by atoms with van der Waals surface area (Å²) in [5.41, 5.74) is 1.71. The molecule has 2 aliphatic rings. The number of likely N-dealkylation sites (tertiary alicyclic amines) is 1. The number of aryl methyl sites for hydroxylation is 1. The van der Waals surface area contributed by atoms with E-state index >= 15 is 0 Å². The highest BCUT2D eigenvalue weighted by Crippen LogP contribution is 2.28. The predicted molar refractivity (Wildman–Crippen MR) is 94.6 cm³/mol. The first kappa shape index (κ1) is 17.7. The molecule has 0 bridgehead atoms. The van der Waals surface area contributed by atoms with E-state index in [1.165, 1.54) is 0 Å². The molecule has 6 nitrogen and oxygen atoms in total. The van der Waals surface area contributed by atoms with E-state index in [2.05, 4.69) is 5.32 Å². The molecule has 2 fully saturated rings. The first-order valence-corrected chi connectivity index (χ1v) is 9.00. The summed E-state index contributed by atoms with van der Waals surface area (Å²) in [4.78, 5) is 26.1. The summed E-state index contributed by atoms with van der Waals surface area (Å²) < 4.78 is 11.5. The van der Waals surface area contributed by atoms with Gasteiger partial charge in [-0.15, -0.1) is 0 Å². The summed E-state index contributed by atoms with van der Waals surface area (Å²) in [6, 6.07) is 5.71. The Balaban J connectivity index is 1.64. The highest BCUT2D eigenvalue weighted by atomic mass is 16.5. The first-order chi connectivity index (χ1) is 12.1. The van der Waals surface area contributed by atoms with Crippen molar-refractivity contribution in [3.8, 4) is 5.75 Å². The van der Waals surface area contributed by atoms with E-state index in [1.807, 2.05) is 32.0 Å². The van der Waals surface area contributed by atoms with Crippen LogP contribution in [0.25, 0.3) is 0 Å². The topological polar surface area (TPSA) is 67.9 Å². The zero-order chi connectivity index (χ0) is 17.8. The zero-order valence-corrected chi connectivity index (χ0v) is 14.9. The van der Waals surface area contributed by atoms with Crippen LogP contribution in [0.15, 0.2) is 18.2 Å². The maximum absolute atomic E-state index is 12.5. The summed E-state index contributed by atoms with van der Waals surface area (Å²) in [6.07, 6.45) is 2.46. The lowest BCUT2D eigenvalue weighted by Crippen LogP contribution is -2.28. The van der Waals surface area contributed by atoms with Crippen molar-refractivity contribution in [2.24, 2.45) is 5.92 Å². The van der Waals surface area contributed by atoms with Gasteiger partial charge in [0.05, 0.1) is 17.7 Å². The molecule has 25 heavy (non-hydrogen) atoms. The lowest BCUT2D eigenvalue weighted by Gasteiger charge is -2.17. The van der Waals surface area contributed by atoms with Crippen molar-refractivity contribution in [2.75, 3.05) is 31.6 Å². The summed E-state index contributed by atoms with van der Waals surface area (Å²) in [5, 5.41) is 2.94. The van der Waals surface area contributed by atoms with Crippen molar-refractivity contribution in [1.82, 2.24) is 4.90 Å². The van der Waals surface area contributed by atoms with Crippen LogP contribution in [-0.2, 0) is 14.3 Å². The van der Waals surface area contributed by atoms with Gasteiger partial charge in [-0.2, -0.15) is 0 Å². The predicted octanol–water partition coefficient (Wildman–Crippen LogP) is 2.36. The van der Waals surface area contributed by atoms with Crippen molar-refractivity contribution in [1.29, 1.82) is 0 Å². The van der Waals surface area contributed by atoms with Gasteiger partial charge in [0.2, 0.25) is 11.8 Å². The minimum Gasteiger partial charge on any atom is -0.489 e. The second-order valence-electron chi connectivity index (χ2n) is 6.77. The lowest BCUT2D eigenvalue weighted by molar-refractivity contribution is -0.128. The standard InChI is InChI=1S/C19H26N2O4/c1-3-21-11-14(10-18(21)22)19(23)20-16-7-6-13(2)9-17(16)25-12-15-5-4-8-24-15/h6-7,9,14-15H,3-5,8,10-12H2,1-2H3,(H,20,23)/t14-,15+/m1/s1. The van der Waals surface area contributed by atoms with Gasteiger partial charge < -0.3 is 19.7 Å². The molecule has 3 rings (SSSR count). The van der Waals surface area contributed by atoms with E-state index in [4.69, 9.17) is 9.47 Å². The Kier molecular flexibility index (Phi) is 5.58. The van der Waals surface area contributed by atoms with Crippen LogP contribution in [0.4, 0.5) is 5.69 Å². The molecular formula is C19H26N2O4. The fraction of sp³-hybridized carbons (Fsp3) is 0.579. The van der Waals surface area contributed by atoms with Gasteiger partial charge in [-0.05, 0) is 44.4 Å². The lowest BCUT2D eigenvalue weighted by atomic mass is 10.1. The van der Waals surface area contributed by atoms with Gasteiger partial charge in [-0.25, -0.2) is 0 Å². The van der Waals surface area contributed by atoms with Crippen molar-refractivity contribution >= 4 is 17.5 Å². The Hall–Kier alpha value is -2.08. The minimum atomic E-state index is -0.306. The number of anilines is 1. The maximum atomic E-state index is 12.5. The third-order valence-corrected chi connectivity index (χ3v) is 4.81. The van der Waals surface area contributed by atoms with E-state index in [1.54, 1.807) is 4.90 Å². The number of amides is 2. The molecule has 2 saturated heterocycles. The van der Waals surface area contributed by atoms with Crippen LogP contribution in [0.5, 0.6) is 5.75 Å². The van der Waals surface area contributed by atoms with E-state index in [0.29, 0.717) is 31.1 Å². The highest BCUT2D eigenvalue weighted by molar-refractivity contribution is 5.98. The summed E-state index contributed by atoms with van der Waals surface area (Å²) in [6.45, 7) is 6.31. The minimum absolute atomic E-state index is 0.0430. The Morgan fingerprint density at radius 1 is 1.44 bits per heavy atom. The number of hydrogen-bond donors (Lipinski definition) is 1. The number of benzene rings is 1.